The lowest BCUT2D eigenvalue weighted by Gasteiger charge is -1.93. The molecular formula is C7H6NO2. The monoisotopic (exact) mass is 136 g/mol. The van der Waals surface area contributed by atoms with Crippen LogP contribution in [0.1, 0.15) is 10.4 Å². The van der Waals surface area contributed by atoms with Crippen molar-refractivity contribution in [3.05, 3.63) is 29.8 Å². The molecule has 1 radical (unpaired) electrons. The SMILES string of the molecule is [O]Nc1ccc(C=O)cc1. The minimum absolute atomic E-state index is 0.464. The molecule has 0 aliphatic rings. The highest BCUT2D eigenvalue weighted by Gasteiger charge is 1.89. The minimum atomic E-state index is 0.464. The predicted molar refractivity (Wildman–Crippen MR) is 36.1 cm³/mol. The quantitative estimate of drug-likeness (QED) is 0.491. The Morgan fingerprint density at radius 1 is 1.20 bits per heavy atom. The second kappa shape index (κ2) is 2.98. The normalized spacial score (nSPS) is 8.90. The van der Waals surface area contributed by atoms with E-state index in [1.807, 2.05) is 0 Å². The summed E-state index contributed by atoms with van der Waals surface area (Å²) in [6, 6.07) is 6.26. The first-order valence-electron chi connectivity index (χ1n) is 2.80. The molecule has 51 valence electrons. The maximum atomic E-state index is 10.1. The molecule has 0 aliphatic heterocycles. The molecule has 10 heavy (non-hydrogen) atoms. The Morgan fingerprint density at radius 3 is 2.20 bits per heavy atom. The lowest BCUT2D eigenvalue weighted by atomic mass is 10.2. The first-order valence-corrected chi connectivity index (χ1v) is 2.80. The Morgan fingerprint density at radius 2 is 1.80 bits per heavy atom. The molecular weight excluding hydrogens is 130 g/mol. The van der Waals surface area contributed by atoms with Gasteiger partial charge in [-0.2, -0.15) is 0 Å². The van der Waals surface area contributed by atoms with Crippen LogP contribution in [-0.4, -0.2) is 6.29 Å². The van der Waals surface area contributed by atoms with Crippen LogP contribution in [0.15, 0.2) is 24.3 Å². The molecule has 0 spiro atoms. The molecule has 0 aliphatic carbocycles. The van der Waals surface area contributed by atoms with E-state index in [9.17, 15) is 10.0 Å². The van der Waals surface area contributed by atoms with Gasteiger partial charge in [0.05, 0.1) is 5.69 Å². The number of rotatable bonds is 2. The minimum Gasteiger partial charge on any atom is -0.298 e. The highest BCUT2D eigenvalue weighted by atomic mass is 16.5. The molecule has 1 aromatic carbocycles. The van der Waals surface area contributed by atoms with Gasteiger partial charge in [0.15, 0.2) is 0 Å². The zero-order chi connectivity index (χ0) is 7.40. The first-order chi connectivity index (χ1) is 4.86. The third-order valence-corrected chi connectivity index (χ3v) is 1.16. The van der Waals surface area contributed by atoms with Crippen LogP contribution >= 0.6 is 0 Å². The Bertz CT molecular complexity index is 218. The van der Waals surface area contributed by atoms with E-state index in [1.54, 1.807) is 29.7 Å². The summed E-state index contributed by atoms with van der Waals surface area (Å²) in [5, 5.41) is 9.99. The Balaban J connectivity index is 2.90. The number of carbonyl (C=O) groups is 1. The van der Waals surface area contributed by atoms with E-state index < -0.39 is 0 Å². The largest absolute Gasteiger partial charge is 0.298 e. The molecule has 0 saturated carbocycles. The van der Waals surface area contributed by atoms with Gasteiger partial charge in [-0.3, -0.25) is 4.79 Å². The summed E-state index contributed by atoms with van der Waals surface area (Å²) in [6.45, 7) is 0. The van der Waals surface area contributed by atoms with Crippen molar-refractivity contribution in [2.75, 3.05) is 5.48 Å². The number of nitrogens with one attached hydrogen (secondary N) is 1. The maximum Gasteiger partial charge on any atom is 0.150 e. The summed E-state index contributed by atoms with van der Waals surface area (Å²) in [5.74, 6) is 0. The van der Waals surface area contributed by atoms with Crippen molar-refractivity contribution in [2.24, 2.45) is 0 Å². The number of carbonyl (C=O) groups excluding carboxylic acids is 1. The summed E-state index contributed by atoms with van der Waals surface area (Å²) < 4.78 is 0. The van der Waals surface area contributed by atoms with Crippen LogP contribution in [-0.2, 0) is 5.21 Å². The van der Waals surface area contributed by atoms with E-state index in [2.05, 4.69) is 0 Å². The van der Waals surface area contributed by atoms with Crippen LogP contribution in [0.5, 0.6) is 0 Å². The number of anilines is 1. The molecule has 0 aromatic heterocycles. The molecule has 0 heterocycles. The van der Waals surface area contributed by atoms with Crippen LogP contribution in [0.3, 0.4) is 0 Å². The molecule has 1 N–H and O–H groups in total. The molecule has 0 bridgehead atoms. The third-order valence-electron chi connectivity index (χ3n) is 1.16. The highest BCUT2D eigenvalue weighted by molar-refractivity contribution is 5.75. The standard InChI is InChI=1S/C7H6NO2/c9-5-6-1-3-7(8-10)4-2-6/h1-5,8H. The maximum absolute atomic E-state index is 10.1. The van der Waals surface area contributed by atoms with E-state index in [4.69, 9.17) is 0 Å². The van der Waals surface area contributed by atoms with Crippen molar-refractivity contribution < 1.29 is 10.0 Å². The van der Waals surface area contributed by atoms with E-state index in [0.29, 0.717) is 11.3 Å². The van der Waals surface area contributed by atoms with Crippen molar-refractivity contribution in [3.8, 4) is 0 Å². The topological polar surface area (TPSA) is 49.0 Å². The van der Waals surface area contributed by atoms with Crippen molar-refractivity contribution in [3.63, 3.8) is 0 Å². The molecule has 3 heteroatoms. The van der Waals surface area contributed by atoms with Gasteiger partial charge in [0, 0.05) is 5.56 Å². The summed E-state index contributed by atoms with van der Waals surface area (Å²) in [4.78, 5) is 10.1. The number of benzene rings is 1. The van der Waals surface area contributed by atoms with E-state index >= 15 is 0 Å². The number of aldehydes is 1. The van der Waals surface area contributed by atoms with Crippen molar-refractivity contribution in [2.45, 2.75) is 0 Å². The summed E-state index contributed by atoms with van der Waals surface area (Å²) >= 11 is 0. The Hall–Kier alpha value is -1.35. The molecule has 0 amide bonds. The van der Waals surface area contributed by atoms with Gasteiger partial charge in [-0.05, 0) is 24.3 Å². The molecule has 3 nitrogen and oxygen atoms in total. The van der Waals surface area contributed by atoms with Gasteiger partial charge in [0.25, 0.3) is 0 Å². The third kappa shape index (κ3) is 1.33. The van der Waals surface area contributed by atoms with E-state index in [-0.39, 0.29) is 0 Å². The molecule has 1 rings (SSSR count). The van der Waals surface area contributed by atoms with Gasteiger partial charge in [-0.25, -0.2) is 5.48 Å². The molecule has 0 unspecified atom stereocenters. The fourth-order valence-electron chi connectivity index (χ4n) is 0.630. The molecule has 1 aromatic rings. The summed E-state index contributed by atoms with van der Waals surface area (Å²) in [6.07, 6.45) is 0.731. The fourth-order valence-corrected chi connectivity index (χ4v) is 0.630. The number of hydrogen-bond acceptors (Lipinski definition) is 2. The summed E-state index contributed by atoms with van der Waals surface area (Å²) in [7, 11) is 0. The van der Waals surface area contributed by atoms with Crippen LogP contribution < -0.4 is 5.48 Å². The van der Waals surface area contributed by atoms with Gasteiger partial charge in [0.2, 0.25) is 0 Å². The predicted octanol–water partition coefficient (Wildman–Crippen LogP) is 1.26. The number of hydrogen-bond donors (Lipinski definition) is 1. The van der Waals surface area contributed by atoms with Gasteiger partial charge in [-0.1, -0.05) is 5.21 Å². The highest BCUT2D eigenvalue weighted by Crippen LogP contribution is 2.05. The van der Waals surface area contributed by atoms with Crippen molar-refractivity contribution in [1.82, 2.24) is 0 Å². The van der Waals surface area contributed by atoms with Crippen molar-refractivity contribution in [1.29, 1.82) is 0 Å². The zero-order valence-corrected chi connectivity index (χ0v) is 5.20. The van der Waals surface area contributed by atoms with Gasteiger partial charge >= 0.3 is 0 Å². The van der Waals surface area contributed by atoms with E-state index in [1.165, 1.54) is 0 Å². The van der Waals surface area contributed by atoms with E-state index in [0.717, 1.165) is 6.29 Å². The Labute approximate surface area is 58.3 Å². The zero-order valence-electron chi connectivity index (χ0n) is 5.20. The lowest BCUT2D eigenvalue weighted by Crippen LogP contribution is -1.86. The summed E-state index contributed by atoms with van der Waals surface area (Å²) in [5.41, 5.74) is 2.74. The van der Waals surface area contributed by atoms with Gasteiger partial charge in [0.1, 0.15) is 6.29 Å². The smallest absolute Gasteiger partial charge is 0.150 e. The second-order valence-corrected chi connectivity index (χ2v) is 1.84. The van der Waals surface area contributed by atoms with Gasteiger partial charge in [-0.15, -0.1) is 0 Å². The lowest BCUT2D eigenvalue weighted by molar-refractivity contribution is 0.112. The van der Waals surface area contributed by atoms with Crippen LogP contribution in [0.25, 0.3) is 0 Å². The fraction of sp³-hybridized carbons (Fsp3) is 0. The molecule has 0 saturated heterocycles. The van der Waals surface area contributed by atoms with Crippen LogP contribution in [0.2, 0.25) is 0 Å². The molecule has 0 atom stereocenters. The molecule has 0 fully saturated rings. The second-order valence-electron chi connectivity index (χ2n) is 1.84. The van der Waals surface area contributed by atoms with Crippen LogP contribution in [0.4, 0.5) is 5.69 Å². The van der Waals surface area contributed by atoms with Crippen molar-refractivity contribution >= 4 is 12.0 Å². The average Bonchev–Trinajstić information content (AvgIpc) is 2.05. The van der Waals surface area contributed by atoms with Gasteiger partial charge < -0.3 is 0 Å². The Kier molecular flexibility index (Phi) is 2.02. The first kappa shape index (κ1) is 6.77. The average molecular weight is 136 g/mol. The van der Waals surface area contributed by atoms with Crippen LogP contribution in [0, 0.1) is 0 Å².